The fourth-order valence-electron chi connectivity index (χ4n) is 3.05. The number of likely N-dealkylation sites (tertiary alicyclic amines) is 1. The Morgan fingerprint density at radius 1 is 1.36 bits per heavy atom. The Morgan fingerprint density at radius 3 is 2.77 bits per heavy atom. The largest absolute Gasteiger partial charge is 0.494 e. The van der Waals surface area contributed by atoms with E-state index in [-0.39, 0.29) is 18.0 Å². The summed E-state index contributed by atoms with van der Waals surface area (Å²) >= 11 is 0. The third kappa shape index (κ3) is 3.80. The Balaban J connectivity index is 2.32. The van der Waals surface area contributed by atoms with Crippen LogP contribution >= 0.6 is 0 Å². The molecule has 122 valence electrons. The van der Waals surface area contributed by atoms with Crippen LogP contribution in [0.1, 0.15) is 51.6 Å². The van der Waals surface area contributed by atoms with E-state index in [1.165, 1.54) is 0 Å². The number of nitrogens with two attached hydrogens (primary N) is 1. The first-order valence-corrected chi connectivity index (χ1v) is 8.31. The number of carbonyl (C=O) groups excluding carboxylic acids is 1. The number of rotatable bonds is 6. The summed E-state index contributed by atoms with van der Waals surface area (Å²) in [6, 6.07) is 7.84. The molecule has 4 heteroatoms. The van der Waals surface area contributed by atoms with Gasteiger partial charge in [0.2, 0.25) is 5.91 Å². The van der Waals surface area contributed by atoms with Crippen LogP contribution in [0.25, 0.3) is 0 Å². The van der Waals surface area contributed by atoms with Crippen LogP contribution in [0, 0.1) is 5.92 Å². The summed E-state index contributed by atoms with van der Waals surface area (Å²) in [6.07, 6.45) is 2.28. The van der Waals surface area contributed by atoms with Crippen molar-refractivity contribution in [3.8, 4) is 5.75 Å². The van der Waals surface area contributed by atoms with Crippen LogP contribution in [0.15, 0.2) is 24.3 Å². The quantitative estimate of drug-likeness (QED) is 0.878. The highest BCUT2D eigenvalue weighted by molar-refractivity contribution is 5.78. The second-order valence-corrected chi connectivity index (χ2v) is 6.39. The first-order chi connectivity index (χ1) is 10.5. The van der Waals surface area contributed by atoms with E-state index in [9.17, 15) is 4.79 Å². The fraction of sp³-hybridized carbons (Fsp3) is 0.611. The lowest BCUT2D eigenvalue weighted by molar-refractivity contribution is -0.137. The zero-order valence-electron chi connectivity index (χ0n) is 13.9. The average Bonchev–Trinajstić information content (AvgIpc) is 2.49. The number of para-hydroxylation sites is 1. The van der Waals surface area contributed by atoms with Gasteiger partial charge in [0.15, 0.2) is 0 Å². The molecule has 0 radical (unpaired) electrons. The molecule has 2 N–H and O–H groups in total. The molecule has 0 aromatic heterocycles. The van der Waals surface area contributed by atoms with Gasteiger partial charge in [-0.2, -0.15) is 0 Å². The summed E-state index contributed by atoms with van der Waals surface area (Å²) in [4.78, 5) is 14.4. The Labute approximate surface area is 133 Å². The summed E-state index contributed by atoms with van der Waals surface area (Å²) in [5, 5.41) is 0. The highest BCUT2D eigenvalue weighted by atomic mass is 16.5. The normalized spacial score (nSPS) is 22.2. The molecular formula is C18H28N2O2. The lowest BCUT2D eigenvalue weighted by atomic mass is 9.89. The molecule has 0 aliphatic carbocycles. The molecule has 2 atom stereocenters. The third-order valence-electron chi connectivity index (χ3n) is 4.24. The second kappa shape index (κ2) is 7.63. The molecule has 1 saturated heterocycles. The number of nitrogens with zero attached hydrogens (tertiary/aromatic N) is 1. The fourth-order valence-corrected chi connectivity index (χ4v) is 3.05. The molecule has 1 aromatic carbocycles. The van der Waals surface area contributed by atoms with Gasteiger partial charge in [-0.15, -0.1) is 0 Å². The Bertz CT molecular complexity index is 502. The van der Waals surface area contributed by atoms with Crippen molar-refractivity contribution in [1.29, 1.82) is 0 Å². The monoisotopic (exact) mass is 304 g/mol. The van der Waals surface area contributed by atoms with Gasteiger partial charge >= 0.3 is 0 Å². The molecule has 1 aliphatic heterocycles. The average molecular weight is 304 g/mol. The summed E-state index contributed by atoms with van der Waals surface area (Å²) in [5.41, 5.74) is 7.42. The summed E-state index contributed by atoms with van der Waals surface area (Å²) in [7, 11) is 0. The molecular weight excluding hydrogens is 276 g/mol. The summed E-state index contributed by atoms with van der Waals surface area (Å²) in [5.74, 6) is 1.61. The molecule has 0 bridgehead atoms. The molecule has 1 aromatic rings. The van der Waals surface area contributed by atoms with Crippen molar-refractivity contribution in [2.75, 3.05) is 13.2 Å². The maximum Gasteiger partial charge on any atom is 0.223 e. The minimum absolute atomic E-state index is 0.0357. The molecule has 0 spiro atoms. The van der Waals surface area contributed by atoms with E-state index < -0.39 is 0 Å². The van der Waals surface area contributed by atoms with Crippen molar-refractivity contribution in [3.63, 3.8) is 0 Å². The molecule has 4 nitrogen and oxygen atoms in total. The number of piperidine rings is 1. The smallest absolute Gasteiger partial charge is 0.223 e. The zero-order valence-corrected chi connectivity index (χ0v) is 13.9. The SMILES string of the molecule is CCOc1ccccc1C1C(N)CCC(=O)N1CCC(C)C. The predicted octanol–water partition coefficient (Wildman–Crippen LogP) is 3.12. The predicted molar refractivity (Wildman–Crippen MR) is 88.7 cm³/mol. The van der Waals surface area contributed by atoms with E-state index in [1.807, 2.05) is 36.1 Å². The van der Waals surface area contributed by atoms with E-state index in [2.05, 4.69) is 13.8 Å². The first kappa shape index (κ1) is 16.8. The van der Waals surface area contributed by atoms with Gasteiger partial charge in [-0.25, -0.2) is 0 Å². The first-order valence-electron chi connectivity index (χ1n) is 8.31. The van der Waals surface area contributed by atoms with E-state index in [0.29, 0.717) is 18.9 Å². The van der Waals surface area contributed by atoms with Crippen molar-refractivity contribution >= 4 is 5.91 Å². The highest BCUT2D eigenvalue weighted by Crippen LogP contribution is 2.36. The standard InChI is InChI=1S/C18H28N2O2/c1-4-22-16-8-6-5-7-14(16)18-15(19)9-10-17(21)20(18)12-11-13(2)3/h5-8,13,15,18H,4,9-12,19H2,1-3H3. The molecule has 22 heavy (non-hydrogen) atoms. The van der Waals surface area contributed by atoms with E-state index in [4.69, 9.17) is 10.5 Å². The number of carbonyl (C=O) groups is 1. The van der Waals surface area contributed by atoms with Gasteiger partial charge in [-0.1, -0.05) is 32.0 Å². The van der Waals surface area contributed by atoms with Crippen LogP contribution < -0.4 is 10.5 Å². The molecule has 0 saturated carbocycles. The van der Waals surface area contributed by atoms with E-state index >= 15 is 0 Å². The van der Waals surface area contributed by atoms with Gasteiger partial charge in [-0.3, -0.25) is 4.79 Å². The van der Waals surface area contributed by atoms with Crippen LogP contribution in [0.5, 0.6) is 5.75 Å². The molecule has 1 aliphatic rings. The van der Waals surface area contributed by atoms with Gasteiger partial charge in [0.1, 0.15) is 5.75 Å². The van der Waals surface area contributed by atoms with E-state index in [1.54, 1.807) is 0 Å². The zero-order chi connectivity index (χ0) is 16.1. The van der Waals surface area contributed by atoms with Gasteiger partial charge < -0.3 is 15.4 Å². The van der Waals surface area contributed by atoms with E-state index in [0.717, 1.165) is 30.7 Å². The summed E-state index contributed by atoms with van der Waals surface area (Å²) < 4.78 is 5.75. The third-order valence-corrected chi connectivity index (χ3v) is 4.24. The summed E-state index contributed by atoms with van der Waals surface area (Å²) in [6.45, 7) is 7.70. The Kier molecular flexibility index (Phi) is 5.83. The van der Waals surface area contributed by atoms with Crippen LogP contribution in [-0.2, 0) is 4.79 Å². The minimum Gasteiger partial charge on any atom is -0.494 e. The molecule has 2 unspecified atom stereocenters. The molecule has 1 fully saturated rings. The molecule has 1 amide bonds. The Hall–Kier alpha value is -1.55. The van der Waals surface area contributed by atoms with Gasteiger partial charge in [0.25, 0.3) is 0 Å². The second-order valence-electron chi connectivity index (χ2n) is 6.39. The minimum atomic E-state index is -0.0808. The van der Waals surface area contributed by atoms with Crippen LogP contribution in [0.4, 0.5) is 0 Å². The highest BCUT2D eigenvalue weighted by Gasteiger charge is 2.36. The topological polar surface area (TPSA) is 55.6 Å². The lowest BCUT2D eigenvalue weighted by Crippen LogP contribution is -2.49. The number of hydrogen-bond donors (Lipinski definition) is 1. The van der Waals surface area contributed by atoms with Gasteiger partial charge in [0.05, 0.1) is 12.6 Å². The van der Waals surface area contributed by atoms with Gasteiger partial charge in [0, 0.05) is 24.6 Å². The van der Waals surface area contributed by atoms with Crippen LogP contribution in [0.2, 0.25) is 0 Å². The Morgan fingerprint density at radius 2 is 2.09 bits per heavy atom. The maximum absolute atomic E-state index is 12.4. The van der Waals surface area contributed by atoms with Crippen molar-refractivity contribution in [3.05, 3.63) is 29.8 Å². The van der Waals surface area contributed by atoms with Crippen LogP contribution in [0.3, 0.4) is 0 Å². The lowest BCUT2D eigenvalue weighted by Gasteiger charge is -2.40. The maximum atomic E-state index is 12.4. The molecule has 1 heterocycles. The van der Waals surface area contributed by atoms with Gasteiger partial charge in [-0.05, 0) is 31.7 Å². The van der Waals surface area contributed by atoms with Crippen molar-refractivity contribution in [2.24, 2.45) is 11.7 Å². The molecule has 2 rings (SSSR count). The number of amides is 1. The van der Waals surface area contributed by atoms with Crippen LogP contribution in [-0.4, -0.2) is 30.0 Å². The van der Waals surface area contributed by atoms with Crippen molar-refractivity contribution in [2.45, 2.75) is 52.1 Å². The van der Waals surface area contributed by atoms with Crippen molar-refractivity contribution in [1.82, 2.24) is 4.90 Å². The number of hydrogen-bond acceptors (Lipinski definition) is 3. The van der Waals surface area contributed by atoms with Crippen molar-refractivity contribution < 1.29 is 9.53 Å². The number of ether oxygens (including phenoxy) is 1. The number of benzene rings is 1.